The zero-order valence-electron chi connectivity index (χ0n) is 57.8. The van der Waals surface area contributed by atoms with E-state index in [0.717, 1.165) is 98.1 Å². The number of carboxylic acids is 3. The van der Waals surface area contributed by atoms with Gasteiger partial charge in [-0.2, -0.15) is 4.58 Å². The molecule has 520 valence electrons. The lowest BCUT2D eigenvalue weighted by atomic mass is 9.81. The molecule has 2 heterocycles. The van der Waals surface area contributed by atoms with Gasteiger partial charge in [-0.05, 0) is 124 Å². The third kappa shape index (κ3) is 22.3. The molecule has 7 N–H and O–H groups in total. The first-order valence-corrected chi connectivity index (χ1v) is 36.1. The van der Waals surface area contributed by atoms with E-state index in [9.17, 15) is 48.6 Å². The summed E-state index contributed by atoms with van der Waals surface area (Å²) in [7, 11) is 0. The van der Waals surface area contributed by atoms with Crippen molar-refractivity contribution in [2.45, 2.75) is 212 Å². The molecule has 97 heavy (non-hydrogen) atoms. The van der Waals surface area contributed by atoms with Gasteiger partial charge in [-0.1, -0.05) is 169 Å². The number of hydrogen-bond donors (Lipinski definition) is 7. The third-order valence-electron chi connectivity index (χ3n) is 18.9. The van der Waals surface area contributed by atoms with Crippen molar-refractivity contribution < 1.29 is 58.3 Å². The number of nitrogens with one attached hydrogen (secondary N) is 4. The topological polar surface area (TPSA) is 252 Å². The Bertz CT molecular complexity index is 3540. The summed E-state index contributed by atoms with van der Waals surface area (Å²) in [6, 6.07) is 31.6. The number of hydrogen-bond acceptors (Lipinski definition) is 10. The van der Waals surface area contributed by atoms with Gasteiger partial charge in [0.05, 0.1) is 11.5 Å². The number of urea groups is 1. The van der Waals surface area contributed by atoms with Crippen LogP contribution in [0.3, 0.4) is 0 Å². The maximum absolute atomic E-state index is 14.9. The lowest BCUT2D eigenvalue weighted by Gasteiger charge is -2.28. The highest BCUT2D eigenvalue weighted by atomic mass is 32.2. The van der Waals surface area contributed by atoms with E-state index in [4.69, 9.17) is 5.11 Å². The highest BCUT2D eigenvalue weighted by molar-refractivity contribution is 8.03. The minimum atomic E-state index is -1.33. The maximum atomic E-state index is 14.9. The van der Waals surface area contributed by atoms with Gasteiger partial charge in [0.2, 0.25) is 17.5 Å². The third-order valence-corrected chi connectivity index (χ3v) is 20.2. The summed E-state index contributed by atoms with van der Waals surface area (Å²) in [5.74, 6) is -5.95. The van der Waals surface area contributed by atoms with Crippen molar-refractivity contribution in [2.75, 3.05) is 30.3 Å². The fraction of sp³-hybridized carbons (Fsp3) is 0.481. The van der Waals surface area contributed by atoms with Crippen LogP contribution >= 0.6 is 11.8 Å². The molecule has 17 nitrogen and oxygen atoms in total. The lowest BCUT2D eigenvalue weighted by molar-refractivity contribution is -0.438. The monoisotopic (exact) mass is 1340 g/mol. The van der Waals surface area contributed by atoms with Crippen molar-refractivity contribution >= 4 is 76.2 Å². The Kier molecular flexibility index (Phi) is 29.7. The number of thioether (sulfide) groups is 1. The number of ketones is 2. The Morgan fingerprint density at radius 2 is 1.25 bits per heavy atom. The van der Waals surface area contributed by atoms with Gasteiger partial charge in [0.25, 0.3) is 0 Å². The Morgan fingerprint density at radius 1 is 0.608 bits per heavy atom. The van der Waals surface area contributed by atoms with Crippen LogP contribution in [0, 0.1) is 5.92 Å². The second-order valence-electron chi connectivity index (χ2n) is 27.0. The van der Waals surface area contributed by atoms with Crippen LogP contribution in [0.1, 0.15) is 192 Å². The van der Waals surface area contributed by atoms with E-state index in [1.807, 2.05) is 60.7 Å². The van der Waals surface area contributed by atoms with Crippen LogP contribution in [0.5, 0.6) is 0 Å². The van der Waals surface area contributed by atoms with Crippen molar-refractivity contribution in [2.24, 2.45) is 5.92 Å². The highest BCUT2D eigenvalue weighted by Gasteiger charge is 2.44. The summed E-state index contributed by atoms with van der Waals surface area (Å²) in [4.78, 5) is 108. The first-order valence-electron chi connectivity index (χ1n) is 35.1. The van der Waals surface area contributed by atoms with Crippen molar-refractivity contribution in [3.05, 3.63) is 178 Å². The summed E-state index contributed by atoms with van der Waals surface area (Å²) in [6.45, 7) is 15.4. The first-order chi connectivity index (χ1) is 46.6. The van der Waals surface area contributed by atoms with E-state index in [2.05, 4.69) is 145 Å². The minimum Gasteiger partial charge on any atom is -0.481 e. The second kappa shape index (κ2) is 37.9. The molecule has 2 aliphatic heterocycles. The summed E-state index contributed by atoms with van der Waals surface area (Å²) in [5, 5.41) is 40.1. The maximum Gasteiger partial charge on any atom is 0.327 e. The van der Waals surface area contributed by atoms with Gasteiger partial charge in [0, 0.05) is 103 Å². The molecule has 0 bridgehead atoms. The molecular weight excluding hydrogens is 1240 g/mol. The molecule has 4 aromatic rings. The molecule has 1 aliphatic carbocycles. The van der Waals surface area contributed by atoms with Crippen molar-refractivity contribution in [1.29, 1.82) is 0 Å². The summed E-state index contributed by atoms with van der Waals surface area (Å²) < 4.78 is 2.48. The van der Waals surface area contributed by atoms with Crippen molar-refractivity contribution in [1.82, 2.24) is 21.3 Å². The Balaban J connectivity index is 1.08. The molecule has 18 heteroatoms. The number of para-hydroxylation sites is 2. The van der Waals surface area contributed by atoms with Crippen LogP contribution in [-0.2, 0) is 57.2 Å². The highest BCUT2D eigenvalue weighted by Crippen LogP contribution is 2.49. The van der Waals surface area contributed by atoms with E-state index >= 15 is 0 Å². The SMILES string of the molecule is CCCCCN1/C(=C/C=C2\CCCC(/C=C/C3=[N+](CCCCC)c4ccccc4C3(C)C)=C2SC[C@@H](NC(=O)[C@@H](CC(=O)[C@H](Cc2ccccc2)NC(=O)CCCCCCC(=O)CC[C@H](NC(=O)NCCCC(=O)O)C(=O)O)Cc2ccccc2)C(=O)O)C(C)(C)c2ccccc21. The molecule has 3 aliphatic rings. The molecule has 0 saturated carbocycles. The molecule has 4 amide bonds. The average Bonchev–Trinajstić information content (AvgIpc) is 1.60. The Hall–Kier alpha value is -8.38. The van der Waals surface area contributed by atoms with Crippen LogP contribution in [0.25, 0.3) is 0 Å². The molecule has 0 saturated heterocycles. The normalized spacial score (nSPS) is 16.7. The number of aliphatic carboxylic acids is 3. The summed E-state index contributed by atoms with van der Waals surface area (Å²) >= 11 is 1.46. The number of allylic oxidation sites excluding steroid dienone is 7. The standard InChI is InChI=1S/C79H102N6O11S/c1-7-9-25-49-84-66-38-23-21-36-61(66)78(3,4)69(84)46-42-57-33-27-34-58(43-47-70-79(5,6)62-37-22-24-39-67(62)85(70)50-26-10-8-2)73(57)97-54-65(76(94)95)82-74(91)59(51-55-29-15-13-16-30-55)53-68(87)64(52-56-31-17-14-18-32-56)81-71(88)40-20-12-11-19-35-60(86)44-45-63(75(92)93)83-77(96)80-48-28-41-72(89)90/h13-18,21-24,29-32,36-39,42-43,46-47,59,63-65H,7-12,19-20,25-28,33-35,40-41,44-45,48-54H2,1-6H3,(H6-,80,81,82,83,88,89,90,91,92,93,94,95,96)/p+1/t59-,63+,64+,65-/m1/s1. The van der Waals surface area contributed by atoms with E-state index in [-0.39, 0.29) is 98.4 Å². The van der Waals surface area contributed by atoms with E-state index in [1.54, 1.807) is 0 Å². The van der Waals surface area contributed by atoms with E-state index < -0.39 is 53.9 Å². The number of carbonyl (C=O) groups excluding carboxylic acids is 5. The number of benzene rings is 4. The van der Waals surface area contributed by atoms with Gasteiger partial charge in [-0.3, -0.25) is 24.0 Å². The second-order valence-corrected chi connectivity index (χ2v) is 28.1. The number of nitrogens with zero attached hydrogens (tertiary/aromatic N) is 2. The zero-order chi connectivity index (χ0) is 69.9. The first kappa shape index (κ1) is 76.0. The van der Waals surface area contributed by atoms with Crippen molar-refractivity contribution in [3.8, 4) is 0 Å². The fourth-order valence-electron chi connectivity index (χ4n) is 13.4. The quantitative estimate of drug-likeness (QED) is 0.0161. The predicted molar refractivity (Wildman–Crippen MR) is 385 cm³/mol. The summed E-state index contributed by atoms with van der Waals surface area (Å²) in [5.41, 5.74) is 10.7. The van der Waals surface area contributed by atoms with Gasteiger partial charge in [0.1, 0.15) is 24.4 Å². The fourth-order valence-corrected chi connectivity index (χ4v) is 14.7. The van der Waals surface area contributed by atoms with Gasteiger partial charge < -0.3 is 41.5 Å². The van der Waals surface area contributed by atoms with E-state index in [0.29, 0.717) is 25.7 Å². The predicted octanol–water partition coefficient (Wildman–Crippen LogP) is 14.2. The number of unbranched alkanes of at least 4 members (excludes halogenated alkanes) is 7. The number of carboxylic acid groups (broad SMARTS) is 3. The number of anilines is 1. The zero-order valence-corrected chi connectivity index (χ0v) is 58.6. The molecule has 7 rings (SSSR count). The number of Topliss-reactive ketones (excluding diaryl/α,β-unsaturated/α-hetero) is 2. The molecule has 0 fully saturated rings. The Morgan fingerprint density at radius 3 is 1.93 bits per heavy atom. The average molecular weight is 1340 g/mol. The molecule has 0 radical (unpaired) electrons. The van der Waals surface area contributed by atoms with Crippen LogP contribution in [0.4, 0.5) is 16.2 Å². The number of rotatable bonds is 41. The largest absolute Gasteiger partial charge is 0.481 e. The smallest absolute Gasteiger partial charge is 0.327 e. The minimum absolute atomic E-state index is 0.0144. The van der Waals surface area contributed by atoms with Crippen LogP contribution < -0.4 is 26.2 Å². The van der Waals surface area contributed by atoms with E-state index in [1.165, 1.54) is 45.7 Å². The number of carbonyl (C=O) groups is 8. The molecule has 0 aromatic heterocycles. The summed E-state index contributed by atoms with van der Waals surface area (Å²) in [6.07, 6.45) is 20.5. The van der Waals surface area contributed by atoms with Crippen LogP contribution in [0.15, 0.2) is 155 Å². The lowest BCUT2D eigenvalue weighted by Crippen LogP contribution is -2.48. The van der Waals surface area contributed by atoms with Gasteiger partial charge in [0.15, 0.2) is 11.5 Å². The molecule has 4 aromatic carbocycles. The molecule has 4 atom stereocenters. The Labute approximate surface area is 578 Å². The number of amides is 4. The van der Waals surface area contributed by atoms with Crippen molar-refractivity contribution in [3.63, 3.8) is 0 Å². The van der Waals surface area contributed by atoms with Gasteiger partial charge >= 0.3 is 23.9 Å². The molecular formula is C79H103N6O11S+. The van der Waals surface area contributed by atoms with Crippen LogP contribution in [-0.4, -0.2) is 116 Å². The molecule has 0 unspecified atom stereocenters. The van der Waals surface area contributed by atoms with Gasteiger partial charge in [-0.15, -0.1) is 11.8 Å². The van der Waals surface area contributed by atoms with Gasteiger partial charge in [-0.25, -0.2) is 14.4 Å². The number of fused-ring (bicyclic) bond motifs is 2. The van der Waals surface area contributed by atoms with Crippen LogP contribution in [0.2, 0.25) is 0 Å². The molecule has 0 spiro atoms.